The van der Waals surface area contributed by atoms with Gasteiger partial charge in [0.15, 0.2) is 4.27 Å². The van der Waals surface area contributed by atoms with Crippen molar-refractivity contribution in [2.24, 2.45) is 0 Å². The zero-order valence-corrected chi connectivity index (χ0v) is 11.5. The molecular formula is C10H18O6S2. The smallest absolute Gasteiger partial charge is 0.313 e. The fraction of sp³-hybridized carbons (Fsp3) is 0.800. The number of hydrogen-bond donors (Lipinski definition) is 4. The van der Waals surface area contributed by atoms with Gasteiger partial charge in [-0.05, 0) is 19.3 Å². The van der Waals surface area contributed by atoms with Crippen LogP contribution in [0, 0.1) is 0 Å². The van der Waals surface area contributed by atoms with Crippen LogP contribution in [-0.4, -0.2) is 54.7 Å². The van der Waals surface area contributed by atoms with Crippen LogP contribution in [0.5, 0.6) is 0 Å². The summed E-state index contributed by atoms with van der Waals surface area (Å²) in [6.07, 6.45) is 2.22. The highest BCUT2D eigenvalue weighted by atomic mass is 32.2. The van der Waals surface area contributed by atoms with Gasteiger partial charge in [-0.1, -0.05) is 6.42 Å². The van der Waals surface area contributed by atoms with Crippen LogP contribution in [-0.2, 0) is 9.59 Å². The summed E-state index contributed by atoms with van der Waals surface area (Å²) in [5.74, 6) is -2.65. The van der Waals surface area contributed by atoms with Gasteiger partial charge in [0.05, 0.1) is 11.5 Å². The number of thioether (sulfide) groups is 2. The van der Waals surface area contributed by atoms with Crippen molar-refractivity contribution >= 4 is 35.5 Å². The third-order valence-corrected chi connectivity index (χ3v) is 4.79. The Morgan fingerprint density at radius 2 is 1.44 bits per heavy atom. The Hall–Kier alpha value is -0.440. The zero-order chi connectivity index (χ0) is 14.0. The van der Waals surface area contributed by atoms with E-state index in [1.807, 2.05) is 0 Å². The van der Waals surface area contributed by atoms with Crippen LogP contribution >= 0.6 is 23.5 Å². The largest absolute Gasteiger partial charge is 0.481 e. The monoisotopic (exact) mass is 298 g/mol. The number of rotatable bonds is 11. The van der Waals surface area contributed by atoms with E-state index in [0.717, 1.165) is 23.5 Å². The lowest BCUT2D eigenvalue weighted by Gasteiger charge is -2.25. The molecule has 0 aromatic heterocycles. The van der Waals surface area contributed by atoms with E-state index in [-0.39, 0.29) is 18.1 Å². The van der Waals surface area contributed by atoms with Crippen molar-refractivity contribution in [1.29, 1.82) is 0 Å². The maximum atomic E-state index is 10.5. The molecule has 0 radical (unpaired) electrons. The van der Waals surface area contributed by atoms with Crippen molar-refractivity contribution in [1.82, 2.24) is 0 Å². The average molecular weight is 298 g/mol. The summed E-state index contributed by atoms with van der Waals surface area (Å²) < 4.78 is -1.40. The molecule has 0 aliphatic heterocycles. The van der Waals surface area contributed by atoms with Crippen LogP contribution in [0.1, 0.15) is 25.7 Å². The SMILES string of the molecule is O=C(O)CSC(O)(CCCCCO)SCC(=O)O. The van der Waals surface area contributed by atoms with Crippen LogP contribution < -0.4 is 0 Å². The van der Waals surface area contributed by atoms with Gasteiger partial charge in [-0.3, -0.25) is 9.59 Å². The fourth-order valence-corrected chi connectivity index (χ4v) is 3.13. The number of carboxylic acid groups (broad SMARTS) is 2. The number of aliphatic hydroxyl groups is 2. The molecule has 106 valence electrons. The minimum atomic E-state index is -1.40. The van der Waals surface area contributed by atoms with E-state index in [2.05, 4.69) is 0 Å². The molecule has 0 saturated carbocycles. The predicted octanol–water partition coefficient (Wildman–Crippen LogP) is 0.821. The molecule has 0 aromatic carbocycles. The summed E-state index contributed by atoms with van der Waals surface area (Å²) >= 11 is 1.65. The Kier molecular flexibility index (Phi) is 9.25. The maximum absolute atomic E-state index is 10.5. The fourth-order valence-electron chi connectivity index (χ4n) is 1.17. The Bertz CT molecular complexity index is 253. The maximum Gasteiger partial charge on any atom is 0.313 e. The Labute approximate surface area is 114 Å². The molecule has 0 aliphatic carbocycles. The molecule has 4 N–H and O–H groups in total. The summed E-state index contributed by atoms with van der Waals surface area (Å²) in [7, 11) is 0. The molecule has 0 saturated heterocycles. The summed E-state index contributed by atoms with van der Waals surface area (Å²) in [5.41, 5.74) is 0. The molecule has 8 heteroatoms. The number of aliphatic hydroxyl groups excluding tert-OH is 1. The highest BCUT2D eigenvalue weighted by Gasteiger charge is 2.29. The lowest BCUT2D eigenvalue weighted by Crippen LogP contribution is -2.24. The number of aliphatic carboxylic acids is 2. The average Bonchev–Trinajstić information content (AvgIpc) is 2.30. The van der Waals surface area contributed by atoms with Crippen molar-refractivity contribution in [2.45, 2.75) is 29.9 Å². The molecular weight excluding hydrogens is 280 g/mol. The summed E-state index contributed by atoms with van der Waals surface area (Å²) in [6, 6.07) is 0. The van der Waals surface area contributed by atoms with Crippen molar-refractivity contribution < 1.29 is 30.0 Å². The Morgan fingerprint density at radius 3 is 1.83 bits per heavy atom. The molecule has 0 bridgehead atoms. The van der Waals surface area contributed by atoms with Gasteiger partial charge in [-0.2, -0.15) is 0 Å². The summed E-state index contributed by atoms with van der Waals surface area (Å²) in [5, 5.41) is 35.9. The first-order valence-corrected chi connectivity index (χ1v) is 7.41. The highest BCUT2D eigenvalue weighted by Crippen LogP contribution is 2.39. The van der Waals surface area contributed by atoms with Crippen LogP contribution in [0.25, 0.3) is 0 Å². The quantitative estimate of drug-likeness (QED) is 0.327. The van der Waals surface area contributed by atoms with Crippen LogP contribution in [0.2, 0.25) is 0 Å². The summed E-state index contributed by atoms with van der Waals surface area (Å²) in [4.78, 5) is 20.9. The van der Waals surface area contributed by atoms with E-state index in [1.54, 1.807) is 0 Å². The molecule has 0 rings (SSSR count). The first-order valence-electron chi connectivity index (χ1n) is 5.44. The van der Waals surface area contributed by atoms with Crippen LogP contribution in [0.4, 0.5) is 0 Å². The van der Waals surface area contributed by atoms with Gasteiger partial charge in [0.25, 0.3) is 0 Å². The molecule has 0 aromatic rings. The van der Waals surface area contributed by atoms with E-state index in [1.165, 1.54) is 0 Å². The second-order valence-electron chi connectivity index (χ2n) is 3.61. The van der Waals surface area contributed by atoms with E-state index in [9.17, 15) is 14.7 Å². The van der Waals surface area contributed by atoms with Gasteiger partial charge in [-0.15, -0.1) is 23.5 Å². The Balaban J connectivity index is 4.19. The second kappa shape index (κ2) is 9.48. The molecule has 0 spiro atoms. The number of hydrogen-bond acceptors (Lipinski definition) is 6. The highest BCUT2D eigenvalue weighted by molar-refractivity contribution is 8.18. The molecule has 18 heavy (non-hydrogen) atoms. The number of unbranched alkanes of at least 4 members (excludes halogenated alkanes) is 2. The van der Waals surface area contributed by atoms with Gasteiger partial charge < -0.3 is 20.4 Å². The molecule has 0 heterocycles. The van der Waals surface area contributed by atoms with Gasteiger partial charge in [-0.25, -0.2) is 0 Å². The lowest BCUT2D eigenvalue weighted by molar-refractivity contribution is -0.134. The lowest BCUT2D eigenvalue weighted by atomic mass is 10.2. The van der Waals surface area contributed by atoms with Gasteiger partial charge in [0.2, 0.25) is 0 Å². The summed E-state index contributed by atoms with van der Waals surface area (Å²) in [6.45, 7) is 0.0724. The van der Waals surface area contributed by atoms with Crippen molar-refractivity contribution in [2.75, 3.05) is 18.1 Å². The topological polar surface area (TPSA) is 115 Å². The predicted molar refractivity (Wildman–Crippen MR) is 70.7 cm³/mol. The number of carbonyl (C=O) groups is 2. The number of carboxylic acids is 2. The minimum absolute atomic E-state index is 0.0724. The first-order chi connectivity index (χ1) is 8.39. The standard InChI is InChI=1S/C10H18O6S2/c11-5-3-1-2-4-10(16,17-6-8(12)13)18-7-9(14)15/h11,16H,1-7H2,(H,12,13)(H,14,15). The molecule has 0 fully saturated rings. The second-order valence-corrected chi connectivity index (χ2v) is 6.38. The Morgan fingerprint density at radius 1 is 0.944 bits per heavy atom. The van der Waals surface area contributed by atoms with Gasteiger partial charge in [0.1, 0.15) is 0 Å². The molecule has 0 unspecified atom stereocenters. The van der Waals surface area contributed by atoms with E-state index in [4.69, 9.17) is 15.3 Å². The molecule has 0 aliphatic rings. The third kappa shape index (κ3) is 9.58. The van der Waals surface area contributed by atoms with Crippen LogP contribution in [0.15, 0.2) is 0 Å². The van der Waals surface area contributed by atoms with Crippen molar-refractivity contribution in [3.05, 3.63) is 0 Å². The normalized spacial score (nSPS) is 11.4. The van der Waals surface area contributed by atoms with E-state index >= 15 is 0 Å². The van der Waals surface area contributed by atoms with Gasteiger partial charge >= 0.3 is 11.9 Å². The molecule has 0 amide bonds. The zero-order valence-electron chi connectivity index (χ0n) is 9.87. The van der Waals surface area contributed by atoms with E-state index in [0.29, 0.717) is 25.7 Å². The first kappa shape index (κ1) is 17.6. The van der Waals surface area contributed by atoms with Gasteiger partial charge in [0, 0.05) is 6.61 Å². The van der Waals surface area contributed by atoms with Crippen molar-refractivity contribution in [3.8, 4) is 0 Å². The third-order valence-electron chi connectivity index (χ3n) is 1.99. The van der Waals surface area contributed by atoms with Crippen molar-refractivity contribution in [3.63, 3.8) is 0 Å². The molecule has 0 atom stereocenters. The van der Waals surface area contributed by atoms with Crippen LogP contribution in [0.3, 0.4) is 0 Å². The van der Waals surface area contributed by atoms with E-state index < -0.39 is 16.2 Å². The minimum Gasteiger partial charge on any atom is -0.481 e. The molecule has 6 nitrogen and oxygen atoms in total.